The van der Waals surface area contributed by atoms with Gasteiger partial charge in [0.1, 0.15) is 5.82 Å². The van der Waals surface area contributed by atoms with E-state index in [9.17, 15) is 4.39 Å². The molecule has 1 unspecified atom stereocenters. The predicted octanol–water partition coefficient (Wildman–Crippen LogP) is 4.14. The van der Waals surface area contributed by atoms with E-state index in [4.69, 9.17) is 11.6 Å². The smallest absolute Gasteiger partial charge is 0.127 e. The number of nitrogens with zero attached hydrogens (tertiary/aromatic N) is 1. The number of aromatic nitrogens is 1. The summed E-state index contributed by atoms with van der Waals surface area (Å²) in [6.45, 7) is 0. The summed E-state index contributed by atoms with van der Waals surface area (Å²) in [6.07, 6.45) is 2.13. The monoisotopic (exact) mass is 342 g/mol. The molecule has 19 heavy (non-hydrogen) atoms. The van der Waals surface area contributed by atoms with Crippen LogP contribution >= 0.6 is 27.5 Å². The quantitative estimate of drug-likeness (QED) is 0.902. The number of hydrogen-bond acceptors (Lipinski definition) is 2. The molecule has 0 radical (unpaired) electrons. The van der Waals surface area contributed by atoms with Crippen LogP contribution in [0.2, 0.25) is 5.02 Å². The minimum atomic E-state index is -0.219. The molecular weight excluding hydrogens is 331 g/mol. The van der Waals surface area contributed by atoms with E-state index in [1.807, 2.05) is 19.2 Å². The normalized spacial score (nSPS) is 12.4. The van der Waals surface area contributed by atoms with Crippen molar-refractivity contribution < 1.29 is 4.39 Å². The lowest BCUT2D eigenvalue weighted by molar-refractivity contribution is 0.544. The lowest BCUT2D eigenvalue weighted by Gasteiger charge is -2.16. The molecule has 1 aromatic heterocycles. The van der Waals surface area contributed by atoms with Gasteiger partial charge in [0.15, 0.2) is 0 Å². The van der Waals surface area contributed by atoms with Crippen LogP contribution in [0.5, 0.6) is 0 Å². The molecule has 2 aromatic rings. The molecule has 2 rings (SSSR count). The highest BCUT2D eigenvalue weighted by atomic mass is 79.9. The fourth-order valence-corrected chi connectivity index (χ4v) is 2.30. The largest absolute Gasteiger partial charge is 0.311 e. The number of likely N-dealkylation sites (N-methyl/N-ethyl adjacent to an activating group) is 1. The molecule has 0 aliphatic heterocycles. The molecule has 100 valence electrons. The second kappa shape index (κ2) is 6.46. The van der Waals surface area contributed by atoms with Gasteiger partial charge in [0.25, 0.3) is 0 Å². The molecule has 0 spiro atoms. The van der Waals surface area contributed by atoms with Crippen LogP contribution in [0.4, 0.5) is 4.39 Å². The van der Waals surface area contributed by atoms with Crippen LogP contribution in [0.1, 0.15) is 17.3 Å². The van der Waals surface area contributed by atoms with E-state index in [1.54, 1.807) is 18.3 Å². The molecular formula is C14H13BrClFN2. The highest BCUT2D eigenvalue weighted by Gasteiger charge is 2.14. The van der Waals surface area contributed by atoms with E-state index in [0.717, 1.165) is 10.2 Å². The standard InChI is InChI=1S/C14H13BrClFN2/c1-18-14(13-5-4-11(16)8-19-13)6-9-2-3-10(15)7-12(9)17/h2-5,7-8,14,18H,6H2,1H3. The molecule has 0 amide bonds. The summed E-state index contributed by atoms with van der Waals surface area (Å²) < 4.78 is 14.6. The third-order valence-electron chi connectivity index (χ3n) is 2.89. The maximum atomic E-state index is 13.8. The molecule has 2 nitrogen and oxygen atoms in total. The maximum absolute atomic E-state index is 13.8. The first-order valence-electron chi connectivity index (χ1n) is 5.83. The zero-order valence-corrected chi connectivity index (χ0v) is 12.7. The van der Waals surface area contributed by atoms with Gasteiger partial charge in [0.2, 0.25) is 0 Å². The van der Waals surface area contributed by atoms with E-state index >= 15 is 0 Å². The molecule has 1 N–H and O–H groups in total. The van der Waals surface area contributed by atoms with E-state index < -0.39 is 0 Å². The zero-order chi connectivity index (χ0) is 13.8. The number of nitrogens with one attached hydrogen (secondary N) is 1. The minimum Gasteiger partial charge on any atom is -0.311 e. The van der Waals surface area contributed by atoms with Crippen molar-refractivity contribution in [3.63, 3.8) is 0 Å². The lowest BCUT2D eigenvalue weighted by atomic mass is 10.0. The van der Waals surface area contributed by atoms with Gasteiger partial charge in [-0.3, -0.25) is 4.98 Å². The van der Waals surface area contributed by atoms with Crippen LogP contribution in [-0.4, -0.2) is 12.0 Å². The molecule has 0 bridgehead atoms. The number of halogens is 3. The van der Waals surface area contributed by atoms with Crippen molar-refractivity contribution in [3.05, 3.63) is 63.1 Å². The molecule has 1 atom stereocenters. The fraction of sp³-hybridized carbons (Fsp3) is 0.214. The number of benzene rings is 1. The minimum absolute atomic E-state index is 0.0482. The Balaban J connectivity index is 2.21. The van der Waals surface area contributed by atoms with Crippen LogP contribution < -0.4 is 5.32 Å². The van der Waals surface area contributed by atoms with E-state index in [-0.39, 0.29) is 11.9 Å². The summed E-state index contributed by atoms with van der Waals surface area (Å²) in [5, 5.41) is 3.74. The van der Waals surface area contributed by atoms with Gasteiger partial charge in [0.05, 0.1) is 16.8 Å². The summed E-state index contributed by atoms with van der Waals surface area (Å²) in [6, 6.07) is 8.66. The molecule has 0 fully saturated rings. The van der Waals surface area contributed by atoms with Gasteiger partial charge in [-0.2, -0.15) is 0 Å². The van der Waals surface area contributed by atoms with Crippen molar-refractivity contribution >= 4 is 27.5 Å². The summed E-state index contributed by atoms with van der Waals surface area (Å²) in [7, 11) is 1.83. The fourth-order valence-electron chi connectivity index (χ4n) is 1.86. The molecule has 0 saturated carbocycles. The number of hydrogen-bond donors (Lipinski definition) is 1. The Hall–Kier alpha value is -0.970. The summed E-state index contributed by atoms with van der Waals surface area (Å²) >= 11 is 9.06. The number of rotatable bonds is 4. The third kappa shape index (κ3) is 3.75. The van der Waals surface area contributed by atoms with Crippen LogP contribution in [0, 0.1) is 5.82 Å². The second-order valence-electron chi connectivity index (χ2n) is 4.18. The Morgan fingerprint density at radius 3 is 2.74 bits per heavy atom. The van der Waals surface area contributed by atoms with Gasteiger partial charge in [0, 0.05) is 10.7 Å². The molecule has 1 heterocycles. The Kier molecular flexibility index (Phi) is 4.91. The van der Waals surface area contributed by atoms with Gasteiger partial charge < -0.3 is 5.32 Å². The maximum Gasteiger partial charge on any atom is 0.127 e. The number of pyridine rings is 1. The highest BCUT2D eigenvalue weighted by Crippen LogP contribution is 2.22. The Morgan fingerprint density at radius 2 is 2.16 bits per heavy atom. The van der Waals surface area contributed by atoms with Gasteiger partial charge in [-0.15, -0.1) is 0 Å². The first kappa shape index (κ1) is 14.4. The summed E-state index contributed by atoms with van der Waals surface area (Å²) in [5.41, 5.74) is 1.49. The Labute approximate surface area is 125 Å². The van der Waals surface area contributed by atoms with Gasteiger partial charge >= 0.3 is 0 Å². The highest BCUT2D eigenvalue weighted by molar-refractivity contribution is 9.10. The van der Waals surface area contributed by atoms with Crippen molar-refractivity contribution in [2.75, 3.05) is 7.05 Å². The Bertz CT molecular complexity index is 560. The SMILES string of the molecule is CNC(Cc1ccc(Br)cc1F)c1ccc(Cl)cn1. The van der Waals surface area contributed by atoms with Crippen molar-refractivity contribution in [1.82, 2.24) is 10.3 Å². The van der Waals surface area contributed by atoms with Crippen LogP contribution in [0.25, 0.3) is 0 Å². The first-order valence-corrected chi connectivity index (χ1v) is 7.00. The third-order valence-corrected chi connectivity index (χ3v) is 3.61. The molecule has 0 aliphatic rings. The first-order chi connectivity index (χ1) is 9.10. The average molecular weight is 344 g/mol. The predicted molar refractivity (Wildman–Crippen MR) is 78.9 cm³/mol. The molecule has 0 aliphatic carbocycles. The lowest BCUT2D eigenvalue weighted by Crippen LogP contribution is -2.20. The molecule has 5 heteroatoms. The van der Waals surface area contributed by atoms with Gasteiger partial charge in [-0.25, -0.2) is 4.39 Å². The molecule has 1 aromatic carbocycles. The van der Waals surface area contributed by atoms with Gasteiger partial charge in [-0.05, 0) is 43.3 Å². The zero-order valence-electron chi connectivity index (χ0n) is 10.3. The van der Waals surface area contributed by atoms with Crippen molar-refractivity contribution in [3.8, 4) is 0 Å². The summed E-state index contributed by atoms with van der Waals surface area (Å²) in [4.78, 5) is 4.27. The van der Waals surface area contributed by atoms with Crippen molar-refractivity contribution in [1.29, 1.82) is 0 Å². The van der Waals surface area contributed by atoms with Crippen LogP contribution in [0.3, 0.4) is 0 Å². The van der Waals surface area contributed by atoms with Gasteiger partial charge in [-0.1, -0.05) is 33.6 Å². The van der Waals surface area contributed by atoms with E-state index in [0.29, 0.717) is 17.0 Å². The summed E-state index contributed by atoms with van der Waals surface area (Å²) in [5.74, 6) is -0.219. The van der Waals surface area contributed by atoms with Crippen LogP contribution in [0.15, 0.2) is 41.0 Å². The van der Waals surface area contributed by atoms with E-state index in [1.165, 1.54) is 6.07 Å². The Morgan fingerprint density at radius 1 is 1.37 bits per heavy atom. The van der Waals surface area contributed by atoms with Crippen molar-refractivity contribution in [2.24, 2.45) is 0 Å². The average Bonchev–Trinajstić information content (AvgIpc) is 2.39. The topological polar surface area (TPSA) is 24.9 Å². The second-order valence-corrected chi connectivity index (χ2v) is 5.53. The van der Waals surface area contributed by atoms with Crippen molar-refractivity contribution in [2.45, 2.75) is 12.5 Å². The molecule has 0 saturated heterocycles. The van der Waals surface area contributed by atoms with Crippen LogP contribution in [-0.2, 0) is 6.42 Å². The van der Waals surface area contributed by atoms with E-state index in [2.05, 4.69) is 26.2 Å².